The van der Waals surface area contributed by atoms with E-state index in [9.17, 15) is 0 Å². The number of rotatable bonds is 9. The van der Waals surface area contributed by atoms with Crippen LogP contribution in [0.3, 0.4) is 0 Å². The summed E-state index contributed by atoms with van der Waals surface area (Å²) in [4.78, 5) is 0. The summed E-state index contributed by atoms with van der Waals surface area (Å²) in [5, 5.41) is 2.38. The molecule has 142 valence electrons. The van der Waals surface area contributed by atoms with Gasteiger partial charge in [-0.05, 0) is 68.4 Å². The third kappa shape index (κ3) is 5.63. The van der Waals surface area contributed by atoms with Crippen molar-refractivity contribution in [3.05, 3.63) is 54.0 Å². The molecule has 0 spiro atoms. The second kappa shape index (κ2) is 9.82. The number of benzene rings is 1. The van der Waals surface area contributed by atoms with Gasteiger partial charge in [0.25, 0.3) is 0 Å². The van der Waals surface area contributed by atoms with Crippen molar-refractivity contribution >= 4 is 0 Å². The van der Waals surface area contributed by atoms with E-state index in [4.69, 9.17) is 9.15 Å². The predicted molar refractivity (Wildman–Crippen MR) is 105 cm³/mol. The van der Waals surface area contributed by atoms with Gasteiger partial charge in [-0.25, -0.2) is 0 Å². The van der Waals surface area contributed by atoms with E-state index in [1.54, 1.807) is 6.26 Å². The van der Waals surface area contributed by atoms with Crippen LogP contribution in [0.15, 0.2) is 47.1 Å². The Kier molecular flexibility index (Phi) is 7.19. The Morgan fingerprint density at radius 3 is 2.50 bits per heavy atom. The Bertz CT molecular complexity index is 612. The summed E-state index contributed by atoms with van der Waals surface area (Å²) in [7, 11) is 0. The summed E-state index contributed by atoms with van der Waals surface area (Å²) in [6.45, 7) is 6.23. The second-order valence-corrected chi connectivity index (χ2v) is 7.89. The fraction of sp³-hybridized carbons (Fsp3) is 0.565. The van der Waals surface area contributed by atoms with Crippen LogP contribution in [0.5, 0.6) is 5.75 Å². The van der Waals surface area contributed by atoms with E-state index in [0.717, 1.165) is 30.5 Å². The molecule has 1 aromatic heterocycles. The third-order valence-corrected chi connectivity index (χ3v) is 5.51. The molecule has 0 unspecified atom stereocenters. The molecule has 1 heterocycles. The molecule has 1 fully saturated rings. The molecule has 0 saturated heterocycles. The predicted octanol–water partition coefficient (Wildman–Crippen LogP) is 4.88. The largest absolute Gasteiger partial charge is 0.491 e. The highest BCUT2D eigenvalue weighted by molar-refractivity contribution is 5.30. The van der Waals surface area contributed by atoms with Gasteiger partial charge in [0.1, 0.15) is 12.3 Å². The zero-order valence-electron chi connectivity index (χ0n) is 16.3. The summed E-state index contributed by atoms with van der Waals surface area (Å²) in [5.74, 6) is 3.54. The minimum atomic E-state index is 0.228. The zero-order chi connectivity index (χ0) is 18.2. The minimum Gasteiger partial charge on any atom is -0.491 e. The van der Waals surface area contributed by atoms with Crippen molar-refractivity contribution in [3.63, 3.8) is 0 Å². The topological polar surface area (TPSA) is 39.0 Å². The Balaban J connectivity index is 1.60. The van der Waals surface area contributed by atoms with Crippen LogP contribution in [-0.2, 0) is 6.54 Å². The van der Waals surface area contributed by atoms with Crippen LogP contribution >= 0.6 is 0 Å². The first-order chi connectivity index (χ1) is 12.7. The molecule has 0 aliphatic heterocycles. The van der Waals surface area contributed by atoms with E-state index in [1.165, 1.54) is 44.1 Å². The normalized spacial score (nSPS) is 16.7. The molecular weight excluding hydrogens is 322 g/mol. The average molecular weight is 357 g/mol. The van der Waals surface area contributed by atoms with Crippen molar-refractivity contribution in [1.29, 1.82) is 0 Å². The molecule has 3 heteroatoms. The lowest BCUT2D eigenvalue weighted by Gasteiger charge is -2.30. The molecule has 0 amide bonds. The van der Waals surface area contributed by atoms with E-state index in [2.05, 4.69) is 49.5 Å². The maximum Gasteiger partial charge on any atom is 0.157 e. The van der Waals surface area contributed by atoms with Crippen LogP contribution in [-0.4, -0.2) is 12.6 Å². The second-order valence-electron chi connectivity index (χ2n) is 7.89. The van der Waals surface area contributed by atoms with Crippen molar-refractivity contribution in [1.82, 2.24) is 0 Å². The fourth-order valence-electron chi connectivity index (χ4n) is 4.25. The molecule has 26 heavy (non-hydrogen) atoms. The Morgan fingerprint density at radius 2 is 1.85 bits per heavy atom. The highest BCUT2D eigenvalue weighted by Gasteiger charge is 2.25. The number of quaternary nitrogens is 1. The molecule has 1 atom stereocenters. The van der Waals surface area contributed by atoms with Crippen LogP contribution in [0.25, 0.3) is 0 Å². The molecule has 1 aromatic carbocycles. The van der Waals surface area contributed by atoms with E-state index in [-0.39, 0.29) is 6.10 Å². The van der Waals surface area contributed by atoms with Gasteiger partial charge < -0.3 is 14.5 Å². The lowest BCUT2D eigenvalue weighted by molar-refractivity contribution is -0.673. The fourth-order valence-corrected chi connectivity index (χ4v) is 4.25. The van der Waals surface area contributed by atoms with Gasteiger partial charge in [-0.2, -0.15) is 0 Å². The SMILES string of the molecule is CC(C)Oc1ccc([C@@H](CC[NH2+]Cc2ccco2)C2CCCCC2)cc1. The highest BCUT2D eigenvalue weighted by atomic mass is 16.5. The first kappa shape index (κ1) is 19.0. The van der Waals surface area contributed by atoms with Crippen LogP contribution < -0.4 is 10.1 Å². The van der Waals surface area contributed by atoms with Crippen LogP contribution in [0.1, 0.15) is 69.6 Å². The molecule has 1 saturated carbocycles. The maximum absolute atomic E-state index is 5.82. The number of ether oxygens (including phenoxy) is 1. The number of furan rings is 1. The van der Waals surface area contributed by atoms with Crippen molar-refractivity contribution in [2.24, 2.45) is 5.92 Å². The van der Waals surface area contributed by atoms with Gasteiger partial charge in [-0.15, -0.1) is 0 Å². The zero-order valence-corrected chi connectivity index (χ0v) is 16.3. The number of hydrogen-bond acceptors (Lipinski definition) is 2. The van der Waals surface area contributed by atoms with E-state index >= 15 is 0 Å². The maximum atomic E-state index is 5.82. The summed E-state index contributed by atoms with van der Waals surface area (Å²) in [6.07, 6.45) is 10.2. The Hall–Kier alpha value is -1.74. The van der Waals surface area contributed by atoms with E-state index in [1.807, 2.05) is 6.07 Å². The number of nitrogens with two attached hydrogens (primary N) is 1. The monoisotopic (exact) mass is 356 g/mol. The van der Waals surface area contributed by atoms with Gasteiger partial charge >= 0.3 is 0 Å². The molecule has 2 aromatic rings. The van der Waals surface area contributed by atoms with Crippen molar-refractivity contribution in [2.75, 3.05) is 6.54 Å². The molecule has 3 rings (SSSR count). The summed E-state index contributed by atoms with van der Waals surface area (Å²) < 4.78 is 11.3. The van der Waals surface area contributed by atoms with Gasteiger partial charge in [0.15, 0.2) is 5.76 Å². The van der Waals surface area contributed by atoms with Crippen molar-refractivity contribution in [3.8, 4) is 5.75 Å². The molecule has 0 radical (unpaired) electrons. The third-order valence-electron chi connectivity index (χ3n) is 5.51. The lowest BCUT2D eigenvalue weighted by Crippen LogP contribution is -2.82. The lowest BCUT2D eigenvalue weighted by atomic mass is 9.75. The quantitative estimate of drug-likeness (QED) is 0.650. The summed E-state index contributed by atoms with van der Waals surface area (Å²) in [6, 6.07) is 12.9. The molecule has 1 aliphatic rings. The smallest absolute Gasteiger partial charge is 0.157 e. The standard InChI is InChI=1S/C23H33NO2/c1-18(2)26-21-12-10-20(11-13-21)23(19-7-4-3-5-8-19)14-15-24-17-22-9-6-16-25-22/h6,9-13,16,18-19,23-24H,3-5,7-8,14-15,17H2,1-2H3/p+1/t23-/m0/s1. The number of hydrogen-bond donors (Lipinski definition) is 1. The van der Waals surface area contributed by atoms with Gasteiger partial charge in [-0.3, -0.25) is 0 Å². The molecule has 3 nitrogen and oxygen atoms in total. The van der Waals surface area contributed by atoms with Crippen molar-refractivity contribution in [2.45, 2.75) is 70.9 Å². The molecule has 2 N–H and O–H groups in total. The first-order valence-corrected chi connectivity index (χ1v) is 10.3. The van der Waals surface area contributed by atoms with Gasteiger partial charge in [0.2, 0.25) is 0 Å². The minimum absolute atomic E-state index is 0.228. The molecular formula is C23H34NO2+. The van der Waals surface area contributed by atoms with Crippen LogP contribution in [0, 0.1) is 5.92 Å². The van der Waals surface area contributed by atoms with Gasteiger partial charge in [0.05, 0.1) is 18.9 Å². The van der Waals surface area contributed by atoms with Gasteiger partial charge in [-0.1, -0.05) is 31.4 Å². The van der Waals surface area contributed by atoms with Crippen LogP contribution in [0.4, 0.5) is 0 Å². The van der Waals surface area contributed by atoms with E-state index < -0.39 is 0 Å². The summed E-state index contributed by atoms with van der Waals surface area (Å²) in [5.41, 5.74) is 1.49. The molecule has 0 bridgehead atoms. The summed E-state index contributed by atoms with van der Waals surface area (Å²) >= 11 is 0. The highest BCUT2D eigenvalue weighted by Crippen LogP contribution is 2.38. The van der Waals surface area contributed by atoms with Crippen molar-refractivity contribution < 1.29 is 14.5 Å². The molecule has 1 aliphatic carbocycles. The average Bonchev–Trinajstić information content (AvgIpc) is 3.16. The first-order valence-electron chi connectivity index (χ1n) is 10.3. The van der Waals surface area contributed by atoms with Gasteiger partial charge in [0, 0.05) is 6.42 Å². The van der Waals surface area contributed by atoms with Crippen LogP contribution in [0.2, 0.25) is 0 Å². The Morgan fingerprint density at radius 1 is 1.08 bits per heavy atom. The van der Waals surface area contributed by atoms with E-state index in [0.29, 0.717) is 5.92 Å². The Labute approximate surface area is 158 Å².